The number of hydrogen-bond acceptors (Lipinski definition) is 2. The second-order valence-corrected chi connectivity index (χ2v) is 21.8. The molecule has 8 atom stereocenters. The molecule has 0 saturated heterocycles. The Morgan fingerprint density at radius 1 is 0.478 bits per heavy atom. The van der Waals surface area contributed by atoms with E-state index in [1.807, 2.05) is 0 Å². The Morgan fingerprint density at radius 3 is 1.04 bits per heavy atom. The van der Waals surface area contributed by atoms with Gasteiger partial charge in [-0.25, -0.2) is 0 Å². The Kier molecular flexibility index (Phi) is 8.98. The van der Waals surface area contributed by atoms with Gasteiger partial charge in [0.1, 0.15) is 0 Å². The van der Waals surface area contributed by atoms with E-state index in [9.17, 15) is 43.9 Å². The SMILES string of the molecule is CC1(C)[C@H]2C[C@H]([Se][Se][C@H]3C[C@H]4C[C@@H]([C@@H]3COc3c(F)c(F)c(F)c(F)c3F)C4(C)C)[C@@H](COc3c(F)c(F)c(F)c(F)c3F)[C@@H]1C2. The second kappa shape index (κ2) is 12.1. The van der Waals surface area contributed by atoms with Crippen molar-refractivity contribution in [1.29, 1.82) is 0 Å². The molecule has 6 aliphatic carbocycles. The molecule has 254 valence electrons. The van der Waals surface area contributed by atoms with Gasteiger partial charge in [-0.05, 0) is 0 Å². The van der Waals surface area contributed by atoms with Crippen LogP contribution in [-0.4, -0.2) is 39.5 Å². The molecule has 4 bridgehead atoms. The van der Waals surface area contributed by atoms with Crippen molar-refractivity contribution in [2.75, 3.05) is 13.2 Å². The van der Waals surface area contributed by atoms with Crippen LogP contribution in [0.25, 0.3) is 0 Å². The Hall–Kier alpha value is -1.62. The van der Waals surface area contributed by atoms with Gasteiger partial charge in [-0.15, -0.1) is 0 Å². The Morgan fingerprint density at radius 2 is 0.761 bits per heavy atom. The first-order valence-electron chi connectivity index (χ1n) is 15.1. The molecule has 2 aromatic rings. The van der Waals surface area contributed by atoms with E-state index in [-0.39, 0.29) is 83.6 Å². The number of fused-ring (bicyclic) bond motifs is 4. The van der Waals surface area contributed by atoms with Crippen LogP contribution in [0, 0.1) is 105 Å². The monoisotopic (exact) mass is 798 g/mol. The van der Waals surface area contributed by atoms with Gasteiger partial charge in [0.2, 0.25) is 0 Å². The maximum absolute atomic E-state index is 14.4. The molecule has 0 radical (unpaired) electrons. The molecule has 0 aliphatic heterocycles. The van der Waals surface area contributed by atoms with E-state index >= 15 is 0 Å². The zero-order valence-corrected chi connectivity index (χ0v) is 28.7. The van der Waals surface area contributed by atoms with Gasteiger partial charge in [-0.3, -0.25) is 0 Å². The van der Waals surface area contributed by atoms with E-state index in [1.165, 1.54) is 0 Å². The third kappa shape index (κ3) is 5.27. The molecular formula is C32H32F10O2Se2. The summed E-state index contributed by atoms with van der Waals surface area (Å²) in [5, 5.41) is 0. The van der Waals surface area contributed by atoms with Crippen LogP contribution in [0.5, 0.6) is 11.5 Å². The van der Waals surface area contributed by atoms with E-state index in [2.05, 4.69) is 27.7 Å². The number of halogens is 10. The topological polar surface area (TPSA) is 18.5 Å². The molecule has 6 aliphatic rings. The van der Waals surface area contributed by atoms with E-state index in [4.69, 9.17) is 9.47 Å². The first-order chi connectivity index (χ1) is 21.5. The van der Waals surface area contributed by atoms with Gasteiger partial charge in [0.05, 0.1) is 0 Å². The molecule has 2 aromatic carbocycles. The van der Waals surface area contributed by atoms with Crippen LogP contribution in [0.15, 0.2) is 0 Å². The minimum absolute atomic E-state index is 0.00768. The summed E-state index contributed by atoms with van der Waals surface area (Å²) in [6.45, 7) is 8.00. The molecule has 0 spiro atoms. The predicted octanol–water partition coefficient (Wildman–Crippen LogP) is 8.80. The molecule has 46 heavy (non-hydrogen) atoms. The van der Waals surface area contributed by atoms with Gasteiger partial charge in [0.15, 0.2) is 0 Å². The van der Waals surface area contributed by atoms with Gasteiger partial charge >= 0.3 is 272 Å². The zero-order chi connectivity index (χ0) is 33.6. The molecule has 14 heteroatoms. The van der Waals surface area contributed by atoms with Gasteiger partial charge in [0, 0.05) is 0 Å². The van der Waals surface area contributed by atoms with Crippen LogP contribution in [0.3, 0.4) is 0 Å². The Labute approximate surface area is 271 Å². The summed E-state index contributed by atoms with van der Waals surface area (Å²) in [6, 6.07) is 0. The summed E-state index contributed by atoms with van der Waals surface area (Å²) in [5.41, 5.74) is -0.157. The molecule has 2 nitrogen and oxygen atoms in total. The Balaban J connectivity index is 1.19. The predicted molar refractivity (Wildman–Crippen MR) is 149 cm³/mol. The van der Waals surface area contributed by atoms with Crippen molar-refractivity contribution in [2.24, 2.45) is 46.3 Å². The Bertz CT molecular complexity index is 1380. The molecule has 0 aromatic heterocycles. The third-order valence-corrected chi connectivity index (χ3v) is 21.7. The van der Waals surface area contributed by atoms with Crippen LogP contribution in [0.4, 0.5) is 43.9 Å². The zero-order valence-electron chi connectivity index (χ0n) is 25.3. The van der Waals surface area contributed by atoms with Crippen molar-refractivity contribution in [2.45, 2.75) is 63.0 Å². The molecule has 6 saturated carbocycles. The van der Waals surface area contributed by atoms with E-state index in [1.54, 1.807) is 0 Å². The molecule has 0 unspecified atom stereocenters. The maximum atomic E-state index is 14.4. The second-order valence-electron chi connectivity index (χ2n) is 14.2. The number of ether oxygens (including phenoxy) is 2. The summed E-state index contributed by atoms with van der Waals surface area (Å²) < 4.78 is 151. The van der Waals surface area contributed by atoms with E-state index in [0.29, 0.717) is 11.8 Å². The van der Waals surface area contributed by atoms with Crippen LogP contribution < -0.4 is 9.47 Å². The van der Waals surface area contributed by atoms with Gasteiger partial charge in [-0.2, -0.15) is 0 Å². The average Bonchev–Trinajstić information content (AvgIpc) is 3.03. The van der Waals surface area contributed by atoms with Crippen molar-refractivity contribution in [3.8, 4) is 11.5 Å². The molecule has 6 fully saturated rings. The molecule has 0 amide bonds. The van der Waals surface area contributed by atoms with Crippen LogP contribution in [0.2, 0.25) is 9.63 Å². The minimum atomic E-state index is -2.25. The molecule has 0 N–H and O–H groups in total. The summed E-state index contributed by atoms with van der Waals surface area (Å²) >= 11 is -0.0154. The number of rotatable bonds is 9. The summed E-state index contributed by atoms with van der Waals surface area (Å²) in [4.78, 5) is 0.210. The summed E-state index contributed by atoms with van der Waals surface area (Å²) in [6.07, 6.45) is 3.40. The molecule has 0 heterocycles. The molecule has 8 rings (SSSR count). The van der Waals surface area contributed by atoms with Crippen molar-refractivity contribution < 1.29 is 53.4 Å². The average molecular weight is 797 g/mol. The normalized spacial score (nSPS) is 32.0. The fraction of sp³-hybridized carbons (Fsp3) is 0.625. The fourth-order valence-electron chi connectivity index (χ4n) is 8.39. The number of benzene rings is 2. The fourth-order valence-corrected chi connectivity index (χ4v) is 20.0. The van der Waals surface area contributed by atoms with Crippen molar-refractivity contribution in [3.05, 3.63) is 58.2 Å². The summed E-state index contributed by atoms with van der Waals surface area (Å²) in [5.74, 6) is -22.7. The number of hydrogen-bond donors (Lipinski definition) is 0. The van der Waals surface area contributed by atoms with Crippen molar-refractivity contribution in [1.82, 2.24) is 0 Å². The van der Waals surface area contributed by atoms with Crippen molar-refractivity contribution >= 4 is 26.3 Å². The standard InChI is InChI=1S/C32H32F10O2Se2/c1-31(2)11-5-15(31)13(9-43-29-25(39)21(35)19(33)22(36)26(29)40)17(7-11)45-46-18-8-12-6-16(32(12,3)4)14(18)10-44-30-27(41)23(37)20(34)24(38)28(30)42/h11-18H,5-10H2,1-4H3/t11-,12-,13+,14+,15+,16+,17+,18+/m1/s1. The van der Waals surface area contributed by atoms with Crippen LogP contribution in [0.1, 0.15) is 53.4 Å². The van der Waals surface area contributed by atoms with Gasteiger partial charge in [-0.1, -0.05) is 0 Å². The van der Waals surface area contributed by atoms with Gasteiger partial charge in [0.25, 0.3) is 0 Å². The quantitative estimate of drug-likeness (QED) is 0.109. The van der Waals surface area contributed by atoms with Crippen molar-refractivity contribution in [3.63, 3.8) is 0 Å². The first-order valence-corrected chi connectivity index (χ1v) is 21.4. The van der Waals surface area contributed by atoms with E-state index < -0.39 is 69.7 Å². The third-order valence-electron chi connectivity index (χ3n) is 11.6. The molecular weight excluding hydrogens is 764 g/mol. The first kappa shape index (κ1) is 34.2. The summed E-state index contributed by atoms with van der Waals surface area (Å²) in [7, 11) is 0. The van der Waals surface area contributed by atoms with Gasteiger partial charge < -0.3 is 0 Å². The van der Waals surface area contributed by atoms with Crippen LogP contribution >= 0.6 is 0 Å². The van der Waals surface area contributed by atoms with E-state index in [0.717, 1.165) is 25.7 Å². The van der Waals surface area contributed by atoms with Crippen LogP contribution in [-0.2, 0) is 0 Å².